The molecule has 0 spiro atoms. The fourth-order valence-electron chi connectivity index (χ4n) is 2.83. The number of thiocarbonyl (C=S) groups is 1. The number of aryl methyl sites for hydroxylation is 1. The third kappa shape index (κ3) is 5.62. The van der Waals surface area contributed by atoms with Gasteiger partial charge in [-0.3, -0.25) is 20.6 Å². The van der Waals surface area contributed by atoms with E-state index in [-0.39, 0.29) is 11.0 Å². The molecule has 0 saturated heterocycles. The summed E-state index contributed by atoms with van der Waals surface area (Å²) in [6, 6.07) is 16.0. The Morgan fingerprint density at radius 3 is 2.32 bits per heavy atom. The minimum Gasteiger partial charge on any atom is -0.493 e. The molecule has 3 N–H and O–H groups in total. The van der Waals surface area contributed by atoms with Crippen LogP contribution >= 0.6 is 23.8 Å². The number of nitrogens with one attached hydrogen (secondary N) is 3. The van der Waals surface area contributed by atoms with Crippen molar-refractivity contribution < 1.29 is 14.3 Å². The van der Waals surface area contributed by atoms with Gasteiger partial charge in [0.15, 0.2) is 16.6 Å². The number of rotatable bonds is 5. The number of hydrazine groups is 1. The summed E-state index contributed by atoms with van der Waals surface area (Å²) in [5.41, 5.74) is 8.54. The maximum Gasteiger partial charge on any atom is 0.271 e. The van der Waals surface area contributed by atoms with Crippen LogP contribution in [0.2, 0.25) is 5.02 Å². The summed E-state index contributed by atoms with van der Waals surface area (Å²) < 4.78 is 10.6. The number of anilines is 1. The van der Waals surface area contributed by atoms with E-state index in [9.17, 15) is 4.79 Å². The molecule has 0 aliphatic rings. The molecule has 9 heteroatoms. The fraction of sp³-hybridized carbons (Fsp3) is 0.136. The molecule has 7 nitrogen and oxygen atoms in total. The number of hydrogen-bond donors (Lipinski definition) is 3. The lowest BCUT2D eigenvalue weighted by molar-refractivity contribution is 0.0943. The summed E-state index contributed by atoms with van der Waals surface area (Å²) in [5, 5.41) is 3.81. The normalized spacial score (nSPS) is 10.2. The van der Waals surface area contributed by atoms with E-state index in [0.29, 0.717) is 33.5 Å². The number of benzene rings is 2. The van der Waals surface area contributed by atoms with Crippen LogP contribution in [0.1, 0.15) is 16.1 Å². The molecule has 1 aromatic heterocycles. The molecule has 1 heterocycles. The van der Waals surface area contributed by atoms with Crippen molar-refractivity contribution >= 4 is 40.5 Å². The van der Waals surface area contributed by atoms with Crippen LogP contribution in [0, 0.1) is 6.92 Å². The fourth-order valence-corrected chi connectivity index (χ4v) is 3.13. The molecule has 0 aliphatic heterocycles. The number of nitrogens with zero attached hydrogens (tertiary/aromatic N) is 1. The average Bonchev–Trinajstić information content (AvgIpc) is 2.78. The Kier molecular flexibility index (Phi) is 7.28. The summed E-state index contributed by atoms with van der Waals surface area (Å²) in [6.07, 6.45) is 0. The number of ether oxygens (including phenoxy) is 2. The second-order valence-corrected chi connectivity index (χ2v) is 7.28. The van der Waals surface area contributed by atoms with Crippen molar-refractivity contribution in [3.05, 3.63) is 70.9 Å². The molecule has 0 atom stereocenters. The highest BCUT2D eigenvalue weighted by Gasteiger charge is 2.13. The van der Waals surface area contributed by atoms with Gasteiger partial charge in [0.2, 0.25) is 0 Å². The molecule has 1 amide bonds. The zero-order chi connectivity index (χ0) is 22.4. The highest BCUT2D eigenvalue weighted by atomic mass is 35.5. The number of carbonyl (C=O) groups is 1. The number of hydrogen-bond acceptors (Lipinski definition) is 5. The average molecular weight is 457 g/mol. The zero-order valence-corrected chi connectivity index (χ0v) is 18.7. The first-order valence-electron chi connectivity index (χ1n) is 9.24. The number of methoxy groups -OCH3 is 2. The Morgan fingerprint density at radius 1 is 0.968 bits per heavy atom. The van der Waals surface area contributed by atoms with Crippen molar-refractivity contribution in [1.29, 1.82) is 0 Å². The van der Waals surface area contributed by atoms with Gasteiger partial charge < -0.3 is 14.8 Å². The van der Waals surface area contributed by atoms with Gasteiger partial charge in [-0.2, -0.15) is 0 Å². The Labute approximate surface area is 190 Å². The van der Waals surface area contributed by atoms with Crippen molar-refractivity contribution in [1.82, 2.24) is 15.8 Å². The predicted octanol–water partition coefficient (Wildman–Crippen LogP) is 4.36. The predicted molar refractivity (Wildman–Crippen MR) is 126 cm³/mol. The van der Waals surface area contributed by atoms with Gasteiger partial charge in [-0.1, -0.05) is 11.6 Å². The lowest BCUT2D eigenvalue weighted by Crippen LogP contribution is -2.44. The van der Waals surface area contributed by atoms with Gasteiger partial charge >= 0.3 is 0 Å². The van der Waals surface area contributed by atoms with Gasteiger partial charge in [0.05, 0.1) is 31.2 Å². The first kappa shape index (κ1) is 22.3. The second kappa shape index (κ2) is 10.1. The monoisotopic (exact) mass is 456 g/mol. The third-order valence-corrected chi connectivity index (χ3v) is 4.86. The van der Waals surface area contributed by atoms with Crippen LogP contribution < -0.4 is 25.6 Å². The standard InChI is InChI=1S/C22H21ClN4O3S/c1-13-17(21(28)26-27-22(31)25-16-7-5-15(23)6-8-16)9-10-18(24-13)14-4-11-19(29-2)20(12-14)30-3/h4-12H,1-3H3,(H,26,28)(H2,25,27,31). The molecular weight excluding hydrogens is 436 g/mol. The van der Waals surface area contributed by atoms with Crippen LogP contribution in [0.4, 0.5) is 5.69 Å². The Morgan fingerprint density at radius 2 is 1.68 bits per heavy atom. The number of aromatic nitrogens is 1. The van der Waals surface area contributed by atoms with E-state index >= 15 is 0 Å². The van der Waals surface area contributed by atoms with Crippen molar-refractivity contribution in [3.63, 3.8) is 0 Å². The molecule has 0 fully saturated rings. The lowest BCUT2D eigenvalue weighted by Gasteiger charge is -2.13. The number of halogens is 1. The summed E-state index contributed by atoms with van der Waals surface area (Å²) in [7, 11) is 3.16. The highest BCUT2D eigenvalue weighted by molar-refractivity contribution is 7.80. The van der Waals surface area contributed by atoms with E-state index in [4.69, 9.17) is 33.3 Å². The van der Waals surface area contributed by atoms with Gasteiger partial charge in [0.25, 0.3) is 5.91 Å². The summed E-state index contributed by atoms with van der Waals surface area (Å²) >= 11 is 11.1. The molecule has 3 aromatic rings. The van der Waals surface area contributed by atoms with Gasteiger partial charge in [-0.05, 0) is 73.7 Å². The van der Waals surface area contributed by atoms with Crippen LogP contribution in [-0.2, 0) is 0 Å². The molecule has 160 valence electrons. The number of carbonyl (C=O) groups excluding carboxylic acids is 1. The van der Waals surface area contributed by atoms with Crippen LogP contribution in [0.25, 0.3) is 11.3 Å². The minimum absolute atomic E-state index is 0.239. The lowest BCUT2D eigenvalue weighted by atomic mass is 10.1. The molecule has 0 aliphatic carbocycles. The second-order valence-electron chi connectivity index (χ2n) is 6.44. The smallest absolute Gasteiger partial charge is 0.271 e. The summed E-state index contributed by atoms with van der Waals surface area (Å²) in [4.78, 5) is 17.1. The molecular formula is C22H21ClN4O3S. The van der Waals surface area contributed by atoms with Crippen molar-refractivity contribution in [3.8, 4) is 22.8 Å². The van der Waals surface area contributed by atoms with E-state index in [1.54, 1.807) is 57.5 Å². The van der Waals surface area contributed by atoms with Gasteiger partial charge in [0, 0.05) is 16.3 Å². The maximum atomic E-state index is 12.5. The van der Waals surface area contributed by atoms with E-state index < -0.39 is 0 Å². The molecule has 0 radical (unpaired) electrons. The molecule has 3 rings (SSSR count). The maximum absolute atomic E-state index is 12.5. The van der Waals surface area contributed by atoms with Crippen molar-refractivity contribution in [2.75, 3.05) is 19.5 Å². The van der Waals surface area contributed by atoms with E-state index in [1.807, 2.05) is 18.2 Å². The van der Waals surface area contributed by atoms with Gasteiger partial charge in [-0.15, -0.1) is 0 Å². The van der Waals surface area contributed by atoms with Crippen LogP contribution in [0.15, 0.2) is 54.6 Å². The van der Waals surface area contributed by atoms with Crippen molar-refractivity contribution in [2.24, 2.45) is 0 Å². The Bertz CT molecular complexity index is 1110. The molecule has 0 unspecified atom stereocenters. The van der Waals surface area contributed by atoms with Gasteiger partial charge in [0.1, 0.15) is 0 Å². The largest absolute Gasteiger partial charge is 0.493 e. The van der Waals surface area contributed by atoms with Crippen molar-refractivity contribution in [2.45, 2.75) is 6.92 Å². The minimum atomic E-state index is -0.357. The van der Waals surface area contributed by atoms with Crippen LogP contribution in [0.3, 0.4) is 0 Å². The van der Waals surface area contributed by atoms with Gasteiger partial charge in [-0.25, -0.2) is 0 Å². The topological polar surface area (TPSA) is 84.5 Å². The highest BCUT2D eigenvalue weighted by Crippen LogP contribution is 2.31. The molecule has 0 saturated carbocycles. The number of amides is 1. The zero-order valence-electron chi connectivity index (χ0n) is 17.2. The van der Waals surface area contributed by atoms with E-state index in [1.165, 1.54) is 0 Å². The van der Waals surface area contributed by atoms with Crippen LogP contribution in [0.5, 0.6) is 11.5 Å². The van der Waals surface area contributed by atoms with E-state index in [2.05, 4.69) is 21.2 Å². The van der Waals surface area contributed by atoms with E-state index in [0.717, 1.165) is 11.3 Å². The first-order chi connectivity index (χ1) is 14.9. The first-order valence-corrected chi connectivity index (χ1v) is 10.0. The third-order valence-electron chi connectivity index (χ3n) is 4.40. The molecule has 2 aromatic carbocycles. The Balaban J connectivity index is 1.66. The molecule has 0 bridgehead atoms. The molecule has 31 heavy (non-hydrogen) atoms. The summed E-state index contributed by atoms with van der Waals surface area (Å²) in [6.45, 7) is 1.77. The quantitative estimate of drug-likeness (QED) is 0.388. The summed E-state index contributed by atoms with van der Waals surface area (Å²) in [5.74, 6) is 0.879. The van der Waals surface area contributed by atoms with Crippen LogP contribution in [-0.4, -0.2) is 30.2 Å². The SMILES string of the molecule is COc1ccc(-c2ccc(C(=O)NNC(=S)Nc3ccc(Cl)cc3)c(C)n2)cc1OC. The Hall–Kier alpha value is -3.36. The number of pyridine rings is 1.